The van der Waals surface area contributed by atoms with E-state index in [4.69, 9.17) is 18.9 Å². The fourth-order valence-corrected chi connectivity index (χ4v) is 2.71. The first-order chi connectivity index (χ1) is 13.0. The Morgan fingerprint density at radius 3 is 2.37 bits per heavy atom. The van der Waals surface area contributed by atoms with E-state index in [1.807, 2.05) is 6.92 Å². The maximum Gasteiger partial charge on any atom is 0.361 e. The zero-order chi connectivity index (χ0) is 19.8. The number of aromatic nitrogens is 3. The van der Waals surface area contributed by atoms with Crippen molar-refractivity contribution >= 4 is 27.9 Å². The highest BCUT2D eigenvalue weighted by Gasteiger charge is 2.23. The van der Waals surface area contributed by atoms with Gasteiger partial charge in [0.25, 0.3) is 0 Å². The Balaban J connectivity index is 2.37. The standard InChI is InChI=1S/C17H20BrN3O6/c1-4-24-12-7-10(15-16(20-21-19-15)17(23)26-6-3)11(18)8-13(12)27-9-14(22)25-5-2/h7-8H,4-6,9H2,1-3H3,(H,19,20,21). The highest BCUT2D eigenvalue weighted by atomic mass is 79.9. The molecule has 0 unspecified atom stereocenters. The van der Waals surface area contributed by atoms with Gasteiger partial charge in [0.1, 0.15) is 5.69 Å². The number of nitrogens with zero attached hydrogens (tertiary/aromatic N) is 2. The van der Waals surface area contributed by atoms with Crippen LogP contribution in [0.4, 0.5) is 0 Å². The maximum atomic E-state index is 12.1. The molecule has 0 radical (unpaired) electrons. The van der Waals surface area contributed by atoms with Crippen LogP contribution in [0.2, 0.25) is 0 Å². The Morgan fingerprint density at radius 1 is 1.00 bits per heavy atom. The van der Waals surface area contributed by atoms with Crippen LogP contribution in [0.5, 0.6) is 11.5 Å². The maximum absolute atomic E-state index is 12.1. The van der Waals surface area contributed by atoms with Crippen molar-refractivity contribution in [3.8, 4) is 22.8 Å². The number of hydrogen-bond donors (Lipinski definition) is 1. The summed E-state index contributed by atoms with van der Waals surface area (Å²) in [5.41, 5.74) is 0.914. The zero-order valence-corrected chi connectivity index (χ0v) is 16.8. The van der Waals surface area contributed by atoms with Crippen LogP contribution in [0, 0.1) is 0 Å². The van der Waals surface area contributed by atoms with Crippen molar-refractivity contribution in [1.82, 2.24) is 15.4 Å². The fraction of sp³-hybridized carbons (Fsp3) is 0.412. The van der Waals surface area contributed by atoms with Crippen LogP contribution in [0.25, 0.3) is 11.3 Å². The smallest absolute Gasteiger partial charge is 0.361 e. The van der Waals surface area contributed by atoms with Crippen molar-refractivity contribution in [3.05, 3.63) is 22.3 Å². The number of halogens is 1. The number of esters is 2. The first-order valence-corrected chi connectivity index (χ1v) is 9.14. The average Bonchev–Trinajstić information content (AvgIpc) is 3.12. The van der Waals surface area contributed by atoms with Gasteiger partial charge < -0.3 is 18.9 Å². The van der Waals surface area contributed by atoms with E-state index in [1.165, 1.54) is 0 Å². The van der Waals surface area contributed by atoms with Crippen LogP contribution in [0.1, 0.15) is 31.3 Å². The van der Waals surface area contributed by atoms with E-state index in [0.717, 1.165) is 0 Å². The fourth-order valence-electron chi connectivity index (χ4n) is 2.20. The van der Waals surface area contributed by atoms with Gasteiger partial charge in [-0.3, -0.25) is 0 Å². The van der Waals surface area contributed by atoms with Crippen molar-refractivity contribution in [1.29, 1.82) is 0 Å². The second-order valence-corrected chi connectivity index (χ2v) is 5.90. The second kappa shape index (κ2) is 9.91. The number of rotatable bonds is 9. The Bertz CT molecular complexity index is 808. The molecule has 1 heterocycles. The third kappa shape index (κ3) is 5.19. The van der Waals surface area contributed by atoms with E-state index in [1.54, 1.807) is 26.0 Å². The number of H-pyrrole nitrogens is 1. The van der Waals surface area contributed by atoms with Crippen molar-refractivity contribution in [2.45, 2.75) is 20.8 Å². The van der Waals surface area contributed by atoms with Gasteiger partial charge in [0, 0.05) is 10.0 Å². The summed E-state index contributed by atoms with van der Waals surface area (Å²) < 4.78 is 21.5. The number of aromatic amines is 1. The van der Waals surface area contributed by atoms with Crippen LogP contribution >= 0.6 is 15.9 Å². The molecule has 0 atom stereocenters. The van der Waals surface area contributed by atoms with Gasteiger partial charge in [-0.2, -0.15) is 10.3 Å². The first kappa shape index (κ1) is 20.7. The van der Waals surface area contributed by atoms with Gasteiger partial charge in [-0.15, -0.1) is 5.10 Å². The molecule has 10 heteroatoms. The molecule has 0 aliphatic rings. The molecule has 1 aromatic carbocycles. The molecule has 0 aliphatic heterocycles. The summed E-state index contributed by atoms with van der Waals surface area (Å²) in [4.78, 5) is 23.6. The molecule has 1 N–H and O–H groups in total. The van der Waals surface area contributed by atoms with Crippen LogP contribution in [0.3, 0.4) is 0 Å². The number of carbonyl (C=O) groups is 2. The summed E-state index contributed by atoms with van der Waals surface area (Å²) in [5.74, 6) is -0.338. The molecule has 0 saturated heterocycles. The van der Waals surface area contributed by atoms with E-state index in [-0.39, 0.29) is 25.5 Å². The summed E-state index contributed by atoms with van der Waals surface area (Å²) in [6.07, 6.45) is 0. The molecule has 0 fully saturated rings. The molecule has 0 amide bonds. The van der Waals surface area contributed by atoms with Crippen molar-refractivity contribution < 1.29 is 28.5 Å². The van der Waals surface area contributed by atoms with Crippen molar-refractivity contribution in [3.63, 3.8) is 0 Å². The molecule has 2 rings (SSSR count). The largest absolute Gasteiger partial charge is 0.490 e. The lowest BCUT2D eigenvalue weighted by molar-refractivity contribution is -0.145. The third-order valence-corrected chi connectivity index (χ3v) is 3.91. The van der Waals surface area contributed by atoms with Gasteiger partial charge in [-0.25, -0.2) is 9.59 Å². The highest BCUT2D eigenvalue weighted by Crippen LogP contribution is 2.39. The summed E-state index contributed by atoms with van der Waals surface area (Å²) >= 11 is 3.43. The summed E-state index contributed by atoms with van der Waals surface area (Å²) in [5, 5.41) is 10.3. The highest BCUT2D eigenvalue weighted by molar-refractivity contribution is 9.10. The predicted octanol–water partition coefficient (Wildman–Crippen LogP) is 2.75. The first-order valence-electron chi connectivity index (χ1n) is 8.34. The number of ether oxygens (including phenoxy) is 4. The second-order valence-electron chi connectivity index (χ2n) is 5.05. The van der Waals surface area contributed by atoms with Gasteiger partial charge >= 0.3 is 11.9 Å². The Labute approximate surface area is 164 Å². The van der Waals surface area contributed by atoms with E-state index < -0.39 is 11.9 Å². The van der Waals surface area contributed by atoms with E-state index in [9.17, 15) is 9.59 Å². The molecular weight excluding hydrogens is 422 g/mol. The SMILES string of the molecule is CCOC(=O)COc1cc(Br)c(-c2n[nH]nc2C(=O)OCC)cc1OCC. The van der Waals surface area contributed by atoms with Gasteiger partial charge in [0.2, 0.25) is 0 Å². The molecule has 0 saturated carbocycles. The topological polar surface area (TPSA) is 113 Å². The third-order valence-electron chi connectivity index (χ3n) is 3.26. The Morgan fingerprint density at radius 2 is 1.70 bits per heavy atom. The molecule has 0 spiro atoms. The minimum absolute atomic E-state index is 0.0557. The average molecular weight is 442 g/mol. The van der Waals surface area contributed by atoms with Crippen LogP contribution in [-0.4, -0.2) is 53.8 Å². The Kier molecular flexibility index (Phi) is 7.59. The normalized spacial score (nSPS) is 10.4. The van der Waals surface area contributed by atoms with Gasteiger partial charge in [0.15, 0.2) is 23.8 Å². The van der Waals surface area contributed by atoms with E-state index in [0.29, 0.717) is 33.8 Å². The number of hydrogen-bond acceptors (Lipinski definition) is 8. The van der Waals surface area contributed by atoms with Gasteiger partial charge in [0.05, 0.1) is 19.8 Å². The zero-order valence-electron chi connectivity index (χ0n) is 15.2. The van der Waals surface area contributed by atoms with Crippen LogP contribution in [-0.2, 0) is 14.3 Å². The van der Waals surface area contributed by atoms with Crippen LogP contribution in [0.15, 0.2) is 16.6 Å². The molecule has 146 valence electrons. The minimum atomic E-state index is -0.589. The van der Waals surface area contributed by atoms with Crippen LogP contribution < -0.4 is 9.47 Å². The molecule has 27 heavy (non-hydrogen) atoms. The summed E-state index contributed by atoms with van der Waals surface area (Å²) in [6.45, 7) is 5.85. The number of carbonyl (C=O) groups excluding carboxylic acids is 2. The van der Waals surface area contributed by atoms with Crippen molar-refractivity contribution in [2.75, 3.05) is 26.4 Å². The molecular formula is C17H20BrN3O6. The minimum Gasteiger partial charge on any atom is -0.490 e. The number of nitrogens with one attached hydrogen (secondary N) is 1. The predicted molar refractivity (Wildman–Crippen MR) is 98.8 cm³/mol. The monoisotopic (exact) mass is 441 g/mol. The molecule has 0 aliphatic carbocycles. The lowest BCUT2D eigenvalue weighted by atomic mass is 10.1. The Hall–Kier alpha value is -2.62. The van der Waals surface area contributed by atoms with Gasteiger partial charge in [-0.1, -0.05) is 0 Å². The summed E-state index contributed by atoms with van der Waals surface area (Å²) in [6, 6.07) is 3.28. The lowest BCUT2D eigenvalue weighted by Gasteiger charge is -2.14. The summed E-state index contributed by atoms with van der Waals surface area (Å²) in [7, 11) is 0. The molecule has 2 aromatic rings. The molecule has 9 nitrogen and oxygen atoms in total. The molecule has 1 aromatic heterocycles. The quantitative estimate of drug-likeness (QED) is 0.590. The van der Waals surface area contributed by atoms with Crippen molar-refractivity contribution in [2.24, 2.45) is 0 Å². The lowest BCUT2D eigenvalue weighted by Crippen LogP contribution is -2.15. The van der Waals surface area contributed by atoms with Gasteiger partial charge in [-0.05, 0) is 48.8 Å². The molecule has 0 bridgehead atoms. The number of benzene rings is 1. The van der Waals surface area contributed by atoms with E-state index >= 15 is 0 Å². The van der Waals surface area contributed by atoms with E-state index in [2.05, 4.69) is 31.3 Å².